The normalized spacial score (nSPS) is 10.3. The molecule has 0 spiro atoms. The standard InChI is InChI=1S/C18H12BrFN4O2S2/c19-13-5-6-15(14(20)7-13)26-9-16(25)22-17-23-24-18(28-17)27-10-12-3-1-11(8-21)2-4-12/h1-7H,9-10H2,(H,22,23,25). The highest BCUT2D eigenvalue weighted by atomic mass is 79.9. The third-order valence-corrected chi connectivity index (χ3v) is 5.89. The Balaban J connectivity index is 1.48. The highest BCUT2D eigenvalue weighted by Gasteiger charge is 2.11. The van der Waals surface area contributed by atoms with Gasteiger partial charge in [-0.1, -0.05) is 51.2 Å². The summed E-state index contributed by atoms with van der Waals surface area (Å²) in [5.41, 5.74) is 1.66. The first kappa shape index (κ1) is 20.3. The Kier molecular flexibility index (Phi) is 6.97. The summed E-state index contributed by atoms with van der Waals surface area (Å²) in [5, 5.41) is 19.7. The van der Waals surface area contributed by atoms with E-state index in [9.17, 15) is 9.18 Å². The molecule has 6 nitrogen and oxygen atoms in total. The van der Waals surface area contributed by atoms with Gasteiger partial charge in [-0.05, 0) is 35.9 Å². The third kappa shape index (κ3) is 5.76. The van der Waals surface area contributed by atoms with Gasteiger partial charge < -0.3 is 4.74 Å². The maximum absolute atomic E-state index is 13.7. The number of nitrogens with one attached hydrogen (secondary N) is 1. The van der Waals surface area contributed by atoms with Crippen molar-refractivity contribution in [1.29, 1.82) is 5.26 Å². The van der Waals surface area contributed by atoms with Gasteiger partial charge >= 0.3 is 0 Å². The number of ether oxygens (including phenoxy) is 1. The number of aromatic nitrogens is 2. The lowest BCUT2D eigenvalue weighted by atomic mass is 10.2. The van der Waals surface area contributed by atoms with E-state index in [4.69, 9.17) is 10.00 Å². The summed E-state index contributed by atoms with van der Waals surface area (Å²) in [6.45, 7) is -0.341. The summed E-state index contributed by atoms with van der Waals surface area (Å²) in [4.78, 5) is 12.0. The van der Waals surface area contributed by atoms with E-state index < -0.39 is 11.7 Å². The number of anilines is 1. The van der Waals surface area contributed by atoms with Crippen molar-refractivity contribution in [1.82, 2.24) is 10.2 Å². The van der Waals surface area contributed by atoms with E-state index in [0.717, 1.165) is 5.56 Å². The van der Waals surface area contributed by atoms with Crippen LogP contribution in [0.2, 0.25) is 0 Å². The van der Waals surface area contributed by atoms with Crippen molar-refractivity contribution in [3.63, 3.8) is 0 Å². The molecule has 0 aliphatic heterocycles. The minimum atomic E-state index is -0.556. The van der Waals surface area contributed by atoms with Gasteiger partial charge in [0.1, 0.15) is 0 Å². The van der Waals surface area contributed by atoms with Crippen molar-refractivity contribution in [2.24, 2.45) is 0 Å². The van der Waals surface area contributed by atoms with Crippen molar-refractivity contribution in [2.45, 2.75) is 10.1 Å². The second-order valence-electron chi connectivity index (χ2n) is 5.38. The zero-order valence-corrected chi connectivity index (χ0v) is 17.4. The molecule has 0 unspecified atom stereocenters. The summed E-state index contributed by atoms with van der Waals surface area (Å²) < 4.78 is 20.1. The van der Waals surface area contributed by atoms with Crippen LogP contribution in [0, 0.1) is 17.1 Å². The molecule has 1 amide bonds. The number of halogens is 2. The molecule has 3 aromatic rings. The van der Waals surface area contributed by atoms with Crippen LogP contribution in [0.15, 0.2) is 51.3 Å². The zero-order valence-electron chi connectivity index (χ0n) is 14.2. The predicted octanol–water partition coefficient (Wildman–Crippen LogP) is 4.62. The van der Waals surface area contributed by atoms with Crippen LogP contribution in [-0.2, 0) is 10.5 Å². The number of benzene rings is 2. The molecule has 10 heteroatoms. The monoisotopic (exact) mass is 478 g/mol. The van der Waals surface area contributed by atoms with Crippen molar-refractivity contribution in [3.8, 4) is 11.8 Å². The van der Waals surface area contributed by atoms with Gasteiger partial charge in [0, 0.05) is 10.2 Å². The Bertz CT molecular complexity index is 1020. The van der Waals surface area contributed by atoms with E-state index >= 15 is 0 Å². The molecule has 0 fully saturated rings. The fourth-order valence-corrected chi connectivity index (χ4v) is 4.09. The number of amides is 1. The van der Waals surface area contributed by atoms with Gasteiger partial charge in [-0.25, -0.2) is 4.39 Å². The SMILES string of the molecule is N#Cc1ccc(CSc2nnc(NC(=O)COc3ccc(Br)cc3F)s2)cc1. The van der Waals surface area contributed by atoms with Crippen LogP contribution in [-0.4, -0.2) is 22.7 Å². The van der Waals surface area contributed by atoms with E-state index in [-0.39, 0.29) is 12.4 Å². The molecule has 2 aromatic carbocycles. The summed E-state index contributed by atoms with van der Waals surface area (Å²) in [7, 11) is 0. The van der Waals surface area contributed by atoms with Crippen LogP contribution in [0.3, 0.4) is 0 Å². The lowest BCUT2D eigenvalue weighted by Gasteiger charge is -2.06. The van der Waals surface area contributed by atoms with Crippen molar-refractivity contribution >= 4 is 50.1 Å². The fourth-order valence-electron chi connectivity index (χ4n) is 2.03. The fraction of sp³-hybridized carbons (Fsp3) is 0.111. The molecule has 142 valence electrons. The molecule has 1 N–H and O–H groups in total. The molecule has 0 aliphatic carbocycles. The van der Waals surface area contributed by atoms with Crippen LogP contribution in [0.4, 0.5) is 9.52 Å². The van der Waals surface area contributed by atoms with Gasteiger partial charge in [0.25, 0.3) is 5.91 Å². The van der Waals surface area contributed by atoms with Crippen LogP contribution >= 0.6 is 39.0 Å². The Labute approximate surface area is 176 Å². The molecule has 0 aliphatic rings. The second kappa shape index (κ2) is 9.64. The number of rotatable bonds is 7. The molecule has 0 atom stereocenters. The van der Waals surface area contributed by atoms with Gasteiger partial charge in [0.15, 0.2) is 22.5 Å². The Morgan fingerprint density at radius 1 is 1.29 bits per heavy atom. The predicted molar refractivity (Wildman–Crippen MR) is 109 cm³/mol. The first-order chi connectivity index (χ1) is 13.5. The molecule has 0 saturated heterocycles. The van der Waals surface area contributed by atoms with Crippen LogP contribution in [0.5, 0.6) is 5.75 Å². The van der Waals surface area contributed by atoms with E-state index in [0.29, 0.717) is 25.3 Å². The average molecular weight is 479 g/mol. The van der Waals surface area contributed by atoms with Gasteiger partial charge in [0.2, 0.25) is 5.13 Å². The molecule has 0 saturated carbocycles. The Morgan fingerprint density at radius 2 is 2.07 bits per heavy atom. The number of thioether (sulfide) groups is 1. The first-order valence-corrected chi connectivity index (χ1v) is 10.5. The van der Waals surface area contributed by atoms with Gasteiger partial charge in [-0.15, -0.1) is 10.2 Å². The lowest BCUT2D eigenvalue weighted by Crippen LogP contribution is -2.20. The summed E-state index contributed by atoms with van der Waals surface area (Å²) >= 11 is 5.86. The Morgan fingerprint density at radius 3 is 2.79 bits per heavy atom. The third-order valence-electron chi connectivity index (χ3n) is 3.35. The maximum atomic E-state index is 13.7. The Hall–Kier alpha value is -2.48. The minimum Gasteiger partial charge on any atom is -0.481 e. The number of hydrogen-bond donors (Lipinski definition) is 1. The minimum absolute atomic E-state index is 0.00530. The number of carbonyl (C=O) groups excluding carboxylic acids is 1. The highest BCUT2D eigenvalue weighted by molar-refractivity contribution is 9.10. The second-order valence-corrected chi connectivity index (χ2v) is 8.50. The largest absolute Gasteiger partial charge is 0.481 e. The maximum Gasteiger partial charge on any atom is 0.264 e. The number of nitriles is 1. The molecule has 28 heavy (non-hydrogen) atoms. The van der Waals surface area contributed by atoms with Gasteiger partial charge in [0.05, 0.1) is 11.6 Å². The van der Waals surface area contributed by atoms with Gasteiger partial charge in [-0.3, -0.25) is 10.1 Å². The smallest absolute Gasteiger partial charge is 0.264 e. The lowest BCUT2D eigenvalue weighted by molar-refractivity contribution is -0.118. The quantitative estimate of drug-likeness (QED) is 0.393. The molecule has 0 bridgehead atoms. The molecular weight excluding hydrogens is 467 g/mol. The number of nitrogens with zero attached hydrogens (tertiary/aromatic N) is 3. The van der Waals surface area contributed by atoms with E-state index in [1.54, 1.807) is 18.2 Å². The summed E-state index contributed by atoms with van der Waals surface area (Å²) in [6.07, 6.45) is 0. The summed E-state index contributed by atoms with van der Waals surface area (Å²) in [5.74, 6) is -0.351. The van der Waals surface area contributed by atoms with E-state index in [1.807, 2.05) is 12.1 Å². The molecule has 1 aromatic heterocycles. The van der Waals surface area contributed by atoms with Crippen LogP contribution in [0.25, 0.3) is 0 Å². The van der Waals surface area contributed by atoms with Crippen molar-refractivity contribution < 1.29 is 13.9 Å². The van der Waals surface area contributed by atoms with Crippen LogP contribution < -0.4 is 10.1 Å². The molecule has 1 heterocycles. The molecule has 3 rings (SSSR count). The summed E-state index contributed by atoms with van der Waals surface area (Å²) in [6, 6.07) is 13.7. The molecular formula is C18H12BrFN4O2S2. The zero-order chi connectivity index (χ0) is 19.9. The van der Waals surface area contributed by atoms with E-state index in [1.165, 1.54) is 35.2 Å². The van der Waals surface area contributed by atoms with E-state index in [2.05, 4.69) is 37.5 Å². The van der Waals surface area contributed by atoms with Crippen molar-refractivity contribution in [2.75, 3.05) is 11.9 Å². The average Bonchev–Trinajstić information content (AvgIpc) is 3.13. The number of hydrogen-bond acceptors (Lipinski definition) is 7. The number of carbonyl (C=O) groups is 1. The van der Waals surface area contributed by atoms with Crippen molar-refractivity contribution in [3.05, 3.63) is 63.9 Å². The molecule has 0 radical (unpaired) electrons. The van der Waals surface area contributed by atoms with Crippen LogP contribution in [0.1, 0.15) is 11.1 Å². The topological polar surface area (TPSA) is 87.9 Å². The van der Waals surface area contributed by atoms with Gasteiger partial charge in [-0.2, -0.15) is 5.26 Å². The first-order valence-electron chi connectivity index (χ1n) is 7.86. The highest BCUT2D eigenvalue weighted by Crippen LogP contribution is 2.28.